The molecule has 1 aromatic carbocycles. The van der Waals surface area contributed by atoms with Crippen LogP contribution < -0.4 is 10.6 Å². The van der Waals surface area contributed by atoms with Crippen LogP contribution in [0.15, 0.2) is 30.6 Å². The Labute approximate surface area is 133 Å². The number of aromatic nitrogens is 2. The molecular formula is C16H20F2N4O. The fourth-order valence-corrected chi connectivity index (χ4v) is 2.31. The highest BCUT2D eigenvalue weighted by molar-refractivity contribution is 5.74. The molecule has 1 atom stereocenters. The summed E-state index contributed by atoms with van der Waals surface area (Å²) in [5.41, 5.74) is 0.278. The van der Waals surface area contributed by atoms with Crippen LogP contribution in [-0.2, 0) is 13.6 Å². The second-order valence-corrected chi connectivity index (χ2v) is 5.29. The van der Waals surface area contributed by atoms with Crippen LogP contribution in [0.1, 0.15) is 37.2 Å². The lowest BCUT2D eigenvalue weighted by molar-refractivity contribution is 0.235. The number of amides is 2. The summed E-state index contributed by atoms with van der Waals surface area (Å²) in [7, 11) is 1.83. The molecule has 0 aliphatic carbocycles. The standard InChI is InChI=1S/C16H20F2N4O/c1-3-4-14(12-6-5-11(17)9-13(12)18)21-16(23)20-10-15-19-7-8-22(15)2/h5-9,14H,3-4,10H2,1-2H3,(H2,20,21,23)/t14-/m1/s1. The van der Waals surface area contributed by atoms with E-state index in [-0.39, 0.29) is 12.1 Å². The number of aryl methyl sites for hydroxylation is 1. The third kappa shape index (κ3) is 4.51. The molecular weight excluding hydrogens is 302 g/mol. The average Bonchev–Trinajstić information content (AvgIpc) is 2.90. The van der Waals surface area contributed by atoms with Crippen LogP contribution in [0.3, 0.4) is 0 Å². The Kier molecular flexibility index (Phi) is 5.67. The van der Waals surface area contributed by atoms with Crippen molar-refractivity contribution in [2.24, 2.45) is 7.05 Å². The van der Waals surface area contributed by atoms with Crippen molar-refractivity contribution in [3.8, 4) is 0 Å². The van der Waals surface area contributed by atoms with E-state index in [1.807, 2.05) is 14.0 Å². The van der Waals surface area contributed by atoms with Crippen molar-refractivity contribution in [2.75, 3.05) is 0 Å². The maximum absolute atomic E-state index is 13.9. The zero-order valence-electron chi connectivity index (χ0n) is 13.1. The lowest BCUT2D eigenvalue weighted by Gasteiger charge is -2.19. The Morgan fingerprint density at radius 2 is 2.17 bits per heavy atom. The topological polar surface area (TPSA) is 59.0 Å². The third-order valence-corrected chi connectivity index (χ3v) is 3.55. The molecule has 124 valence electrons. The first-order valence-corrected chi connectivity index (χ1v) is 7.46. The molecule has 0 fully saturated rings. The van der Waals surface area contributed by atoms with Crippen LogP contribution in [0.4, 0.5) is 13.6 Å². The molecule has 0 aliphatic heterocycles. The van der Waals surface area contributed by atoms with Crippen LogP contribution in [0.25, 0.3) is 0 Å². The molecule has 0 radical (unpaired) electrons. The van der Waals surface area contributed by atoms with Gasteiger partial charge in [0.2, 0.25) is 0 Å². The van der Waals surface area contributed by atoms with Gasteiger partial charge in [0.1, 0.15) is 17.5 Å². The molecule has 7 heteroatoms. The van der Waals surface area contributed by atoms with Gasteiger partial charge in [0.05, 0.1) is 12.6 Å². The SMILES string of the molecule is CCC[C@@H](NC(=O)NCc1nccn1C)c1ccc(F)cc1F. The first kappa shape index (κ1) is 16.9. The van der Waals surface area contributed by atoms with Gasteiger partial charge in [-0.2, -0.15) is 0 Å². The normalized spacial score (nSPS) is 12.0. The van der Waals surface area contributed by atoms with Gasteiger partial charge in [-0.1, -0.05) is 19.4 Å². The van der Waals surface area contributed by atoms with Crippen molar-refractivity contribution in [1.29, 1.82) is 0 Å². The van der Waals surface area contributed by atoms with Gasteiger partial charge in [-0.15, -0.1) is 0 Å². The van der Waals surface area contributed by atoms with Crippen molar-refractivity contribution in [2.45, 2.75) is 32.4 Å². The van der Waals surface area contributed by atoms with E-state index in [1.165, 1.54) is 12.1 Å². The minimum Gasteiger partial charge on any atom is -0.337 e. The lowest BCUT2D eigenvalue weighted by atomic mass is 10.0. The monoisotopic (exact) mass is 322 g/mol. The second-order valence-electron chi connectivity index (χ2n) is 5.29. The second kappa shape index (κ2) is 7.71. The number of urea groups is 1. The van der Waals surface area contributed by atoms with Crippen molar-refractivity contribution in [3.63, 3.8) is 0 Å². The molecule has 2 N–H and O–H groups in total. The molecule has 1 aromatic heterocycles. The maximum Gasteiger partial charge on any atom is 0.315 e. The van der Waals surface area contributed by atoms with Gasteiger partial charge in [0.15, 0.2) is 0 Å². The summed E-state index contributed by atoms with van der Waals surface area (Å²) < 4.78 is 28.7. The molecule has 0 unspecified atom stereocenters. The number of carbonyl (C=O) groups excluding carboxylic acids is 1. The van der Waals surface area contributed by atoms with Crippen LogP contribution >= 0.6 is 0 Å². The quantitative estimate of drug-likeness (QED) is 0.859. The summed E-state index contributed by atoms with van der Waals surface area (Å²) in [6, 6.07) is 2.45. The highest BCUT2D eigenvalue weighted by atomic mass is 19.1. The number of benzene rings is 1. The number of hydrogen-bond donors (Lipinski definition) is 2. The smallest absolute Gasteiger partial charge is 0.315 e. The number of hydrogen-bond acceptors (Lipinski definition) is 2. The van der Waals surface area contributed by atoms with Gasteiger partial charge in [-0.05, 0) is 12.5 Å². The van der Waals surface area contributed by atoms with E-state index in [1.54, 1.807) is 17.0 Å². The fraction of sp³-hybridized carbons (Fsp3) is 0.375. The Balaban J connectivity index is 2.01. The molecule has 0 saturated carbocycles. The van der Waals surface area contributed by atoms with E-state index >= 15 is 0 Å². The average molecular weight is 322 g/mol. The first-order valence-electron chi connectivity index (χ1n) is 7.46. The number of halogens is 2. The number of nitrogens with one attached hydrogen (secondary N) is 2. The lowest BCUT2D eigenvalue weighted by Crippen LogP contribution is -2.38. The number of carbonyl (C=O) groups is 1. The van der Waals surface area contributed by atoms with Crippen LogP contribution in [0, 0.1) is 11.6 Å². The Morgan fingerprint density at radius 1 is 1.39 bits per heavy atom. The van der Waals surface area contributed by atoms with Gasteiger partial charge in [0, 0.05) is 31.1 Å². The molecule has 0 bridgehead atoms. The first-order chi connectivity index (χ1) is 11.0. The van der Waals surface area contributed by atoms with Crippen LogP contribution in [0.5, 0.6) is 0 Å². The predicted octanol–water partition coefficient (Wildman–Crippen LogP) is 3.04. The third-order valence-electron chi connectivity index (χ3n) is 3.55. The molecule has 5 nitrogen and oxygen atoms in total. The minimum absolute atomic E-state index is 0.264. The number of imidazole rings is 1. The van der Waals surface area contributed by atoms with Crippen molar-refractivity contribution < 1.29 is 13.6 Å². The van der Waals surface area contributed by atoms with Gasteiger partial charge in [0.25, 0.3) is 0 Å². The van der Waals surface area contributed by atoms with Gasteiger partial charge >= 0.3 is 6.03 Å². The van der Waals surface area contributed by atoms with E-state index in [0.717, 1.165) is 12.5 Å². The number of rotatable bonds is 6. The fourth-order valence-electron chi connectivity index (χ4n) is 2.31. The largest absolute Gasteiger partial charge is 0.337 e. The molecule has 2 amide bonds. The van der Waals surface area contributed by atoms with Gasteiger partial charge in [-0.3, -0.25) is 0 Å². The zero-order chi connectivity index (χ0) is 16.8. The maximum atomic E-state index is 13.9. The van der Waals surface area contributed by atoms with Crippen molar-refractivity contribution in [1.82, 2.24) is 20.2 Å². The van der Waals surface area contributed by atoms with E-state index in [4.69, 9.17) is 0 Å². The summed E-state index contributed by atoms with van der Waals surface area (Å²) >= 11 is 0. The van der Waals surface area contributed by atoms with Crippen molar-refractivity contribution >= 4 is 6.03 Å². The summed E-state index contributed by atoms with van der Waals surface area (Å²) in [4.78, 5) is 16.1. The van der Waals surface area contributed by atoms with Crippen molar-refractivity contribution in [3.05, 3.63) is 53.6 Å². The predicted molar refractivity (Wildman–Crippen MR) is 82.6 cm³/mol. The highest BCUT2D eigenvalue weighted by Crippen LogP contribution is 2.22. The Morgan fingerprint density at radius 3 is 2.78 bits per heavy atom. The van der Waals surface area contributed by atoms with E-state index in [9.17, 15) is 13.6 Å². The Bertz CT molecular complexity index is 672. The molecule has 0 aliphatic rings. The van der Waals surface area contributed by atoms with E-state index in [2.05, 4.69) is 15.6 Å². The molecule has 2 rings (SSSR count). The molecule has 0 saturated heterocycles. The summed E-state index contributed by atoms with van der Waals surface area (Å²) in [6.07, 6.45) is 4.73. The summed E-state index contributed by atoms with van der Waals surface area (Å²) in [6.45, 7) is 2.20. The zero-order valence-corrected chi connectivity index (χ0v) is 13.1. The minimum atomic E-state index is -0.659. The molecule has 0 spiro atoms. The van der Waals surface area contributed by atoms with E-state index in [0.29, 0.717) is 12.2 Å². The van der Waals surface area contributed by atoms with Gasteiger partial charge in [-0.25, -0.2) is 18.6 Å². The van der Waals surface area contributed by atoms with Crippen LogP contribution in [-0.4, -0.2) is 15.6 Å². The van der Waals surface area contributed by atoms with Gasteiger partial charge < -0.3 is 15.2 Å². The van der Waals surface area contributed by atoms with Crippen LogP contribution in [0.2, 0.25) is 0 Å². The highest BCUT2D eigenvalue weighted by Gasteiger charge is 2.18. The summed E-state index contributed by atoms with van der Waals surface area (Å²) in [5.74, 6) is -0.589. The molecule has 2 aromatic rings. The molecule has 1 heterocycles. The summed E-state index contributed by atoms with van der Waals surface area (Å²) in [5, 5.41) is 5.41. The molecule has 23 heavy (non-hydrogen) atoms. The van der Waals surface area contributed by atoms with E-state index < -0.39 is 23.7 Å². The number of nitrogens with zero attached hydrogens (tertiary/aromatic N) is 2. The Hall–Kier alpha value is -2.44.